The second-order valence-electron chi connectivity index (χ2n) is 6.11. The molecule has 0 bridgehead atoms. The summed E-state index contributed by atoms with van der Waals surface area (Å²) in [6.07, 6.45) is -9.41. The molecule has 0 atom stereocenters. The molecule has 0 heterocycles. The zero-order valence-electron chi connectivity index (χ0n) is 15.8. The summed E-state index contributed by atoms with van der Waals surface area (Å²) in [5, 5.41) is 10.6. The van der Waals surface area contributed by atoms with Crippen LogP contribution in [0.1, 0.15) is 15.9 Å². The fourth-order valence-corrected chi connectivity index (χ4v) is 2.18. The number of rotatable bonds is 9. The van der Waals surface area contributed by atoms with Crippen LogP contribution in [0.5, 0.6) is 11.5 Å². The molecule has 0 radical (unpaired) electrons. The molecule has 2 aromatic rings. The fourth-order valence-electron chi connectivity index (χ4n) is 2.18. The Morgan fingerprint density at radius 2 is 1.53 bits per heavy atom. The van der Waals surface area contributed by atoms with E-state index in [0.717, 1.165) is 18.2 Å². The van der Waals surface area contributed by atoms with E-state index in [1.165, 1.54) is 24.3 Å². The molecule has 14 heteroatoms. The number of carbonyl (C=O) groups is 1. The normalized spacial score (nSPS) is 11.7. The van der Waals surface area contributed by atoms with Crippen LogP contribution in [-0.4, -0.2) is 36.4 Å². The summed E-state index contributed by atoms with van der Waals surface area (Å²) < 4.78 is 83.3. The lowest BCUT2D eigenvalue weighted by Crippen LogP contribution is -2.26. The lowest BCUT2D eigenvalue weighted by Gasteiger charge is -2.15. The van der Waals surface area contributed by atoms with Gasteiger partial charge in [0.1, 0.15) is 11.5 Å². The highest BCUT2D eigenvalue weighted by atomic mass is 19.4. The molecule has 0 aliphatic heterocycles. The summed E-state index contributed by atoms with van der Waals surface area (Å²) in [7, 11) is 0. The summed E-state index contributed by atoms with van der Waals surface area (Å²) in [5.74, 6) is -2.14. The Bertz CT molecular complexity index is 946. The van der Waals surface area contributed by atoms with Crippen molar-refractivity contribution in [1.29, 1.82) is 0 Å². The first-order valence-corrected chi connectivity index (χ1v) is 8.53. The van der Waals surface area contributed by atoms with Crippen molar-refractivity contribution >= 4 is 11.6 Å². The maximum Gasteiger partial charge on any atom is 0.422 e. The number of non-ortho nitro benzene ring substituents is 1. The van der Waals surface area contributed by atoms with Crippen molar-refractivity contribution in [3.05, 3.63) is 63.7 Å². The van der Waals surface area contributed by atoms with Gasteiger partial charge in [-0.1, -0.05) is 0 Å². The maximum atomic E-state index is 12.4. The van der Waals surface area contributed by atoms with E-state index in [4.69, 9.17) is 4.84 Å². The highest BCUT2D eigenvalue weighted by Crippen LogP contribution is 2.28. The molecule has 0 spiro atoms. The predicted octanol–water partition coefficient (Wildman–Crippen LogP) is 4.34. The molecule has 0 aromatic heterocycles. The zero-order valence-corrected chi connectivity index (χ0v) is 15.8. The second-order valence-corrected chi connectivity index (χ2v) is 6.11. The Morgan fingerprint density at radius 3 is 2.09 bits per heavy atom. The summed E-state index contributed by atoms with van der Waals surface area (Å²) in [6, 6.07) is 7.58. The number of benzene rings is 2. The number of alkyl halides is 6. The smallest absolute Gasteiger partial charge is 0.422 e. The van der Waals surface area contributed by atoms with Crippen LogP contribution < -0.4 is 15.0 Å². The Kier molecular flexibility index (Phi) is 7.86. The van der Waals surface area contributed by atoms with E-state index in [1.54, 1.807) is 0 Å². The highest BCUT2D eigenvalue weighted by Gasteiger charge is 2.30. The van der Waals surface area contributed by atoms with Crippen LogP contribution in [0.3, 0.4) is 0 Å². The molecule has 0 fully saturated rings. The van der Waals surface area contributed by atoms with Gasteiger partial charge >= 0.3 is 12.4 Å². The van der Waals surface area contributed by atoms with E-state index in [-0.39, 0.29) is 12.3 Å². The van der Waals surface area contributed by atoms with Gasteiger partial charge in [-0.2, -0.15) is 26.3 Å². The number of amides is 1. The molecule has 2 rings (SSSR count). The van der Waals surface area contributed by atoms with Crippen molar-refractivity contribution in [3.63, 3.8) is 0 Å². The number of ether oxygens (including phenoxy) is 2. The van der Waals surface area contributed by atoms with Gasteiger partial charge in [-0.15, -0.1) is 0 Å². The first-order chi connectivity index (χ1) is 14.8. The average molecular weight is 468 g/mol. The van der Waals surface area contributed by atoms with Crippen molar-refractivity contribution in [2.24, 2.45) is 0 Å². The largest absolute Gasteiger partial charge is 0.484 e. The topological polar surface area (TPSA) is 99.9 Å². The first kappa shape index (κ1) is 24.7. The van der Waals surface area contributed by atoms with Crippen LogP contribution in [0.2, 0.25) is 0 Å². The Hall–Kier alpha value is -3.55. The van der Waals surface area contributed by atoms with E-state index in [2.05, 4.69) is 9.47 Å². The number of halogens is 6. The van der Waals surface area contributed by atoms with Crippen LogP contribution >= 0.6 is 0 Å². The van der Waals surface area contributed by atoms with Crippen molar-refractivity contribution < 1.29 is 50.4 Å². The number of hydrogen-bond donors (Lipinski definition) is 1. The number of nitro benzene ring substituents is 1. The molecule has 0 unspecified atom stereocenters. The highest BCUT2D eigenvalue weighted by molar-refractivity contribution is 5.96. The predicted molar refractivity (Wildman–Crippen MR) is 94.9 cm³/mol. The van der Waals surface area contributed by atoms with Gasteiger partial charge in [0.2, 0.25) is 0 Å². The third-order valence-electron chi connectivity index (χ3n) is 3.54. The van der Waals surface area contributed by atoms with Crippen LogP contribution in [0, 0.1) is 10.1 Å². The van der Waals surface area contributed by atoms with Gasteiger partial charge in [-0.3, -0.25) is 19.7 Å². The molecule has 0 saturated heterocycles. The quantitative estimate of drug-likeness (QED) is 0.334. The minimum Gasteiger partial charge on any atom is -0.484 e. The van der Waals surface area contributed by atoms with E-state index < -0.39 is 53.5 Å². The molecule has 174 valence electrons. The van der Waals surface area contributed by atoms with Crippen LogP contribution in [0.15, 0.2) is 42.5 Å². The molecule has 1 N–H and O–H groups in total. The van der Waals surface area contributed by atoms with Gasteiger partial charge < -0.3 is 9.47 Å². The molecular weight excluding hydrogens is 454 g/mol. The molecule has 8 nitrogen and oxygen atoms in total. The molecule has 2 aromatic carbocycles. The first-order valence-electron chi connectivity index (χ1n) is 8.53. The van der Waals surface area contributed by atoms with Gasteiger partial charge in [0, 0.05) is 12.1 Å². The minimum atomic E-state index is -4.73. The van der Waals surface area contributed by atoms with E-state index in [0.29, 0.717) is 5.56 Å². The number of nitrogens with zero attached hydrogens (tertiary/aromatic N) is 1. The van der Waals surface area contributed by atoms with Crippen LogP contribution in [-0.2, 0) is 11.4 Å². The van der Waals surface area contributed by atoms with Crippen molar-refractivity contribution in [1.82, 2.24) is 5.48 Å². The van der Waals surface area contributed by atoms with Crippen molar-refractivity contribution in [2.75, 3.05) is 13.2 Å². The average Bonchev–Trinajstić information content (AvgIpc) is 2.70. The summed E-state index contributed by atoms with van der Waals surface area (Å²) in [6.45, 7) is -3.71. The molecule has 1 amide bonds. The standard InChI is InChI=1S/C18H14F6N2O6/c19-17(20,21)9-30-13-5-6-15(31-10-18(22,23)24)14(7-13)16(27)25-32-8-11-1-3-12(4-2-11)26(28)29/h1-7H,8-10H2,(H,25,27). The van der Waals surface area contributed by atoms with Gasteiger partial charge in [-0.05, 0) is 35.9 Å². The fraction of sp³-hybridized carbons (Fsp3) is 0.278. The number of carbonyl (C=O) groups excluding carboxylic acids is 1. The third-order valence-corrected chi connectivity index (χ3v) is 3.54. The number of hydroxylamine groups is 1. The molecule has 32 heavy (non-hydrogen) atoms. The maximum absolute atomic E-state index is 12.4. The van der Waals surface area contributed by atoms with Gasteiger partial charge in [-0.25, -0.2) is 5.48 Å². The van der Waals surface area contributed by atoms with E-state index in [9.17, 15) is 41.3 Å². The summed E-state index contributed by atoms with van der Waals surface area (Å²) in [5.41, 5.74) is 1.57. The SMILES string of the molecule is O=C(NOCc1ccc([N+](=O)[O-])cc1)c1cc(OCC(F)(F)F)ccc1OCC(F)(F)F. The minimum absolute atomic E-state index is 0.181. The van der Waals surface area contributed by atoms with Crippen molar-refractivity contribution in [2.45, 2.75) is 19.0 Å². The second kappa shape index (κ2) is 10.2. The molecule has 0 aliphatic rings. The van der Waals surface area contributed by atoms with Crippen LogP contribution in [0.25, 0.3) is 0 Å². The Morgan fingerprint density at radius 1 is 0.938 bits per heavy atom. The van der Waals surface area contributed by atoms with Crippen molar-refractivity contribution in [3.8, 4) is 11.5 Å². The molecule has 0 aliphatic carbocycles. The van der Waals surface area contributed by atoms with Gasteiger partial charge in [0.25, 0.3) is 11.6 Å². The van der Waals surface area contributed by atoms with Gasteiger partial charge in [0.15, 0.2) is 13.2 Å². The zero-order chi connectivity index (χ0) is 23.9. The van der Waals surface area contributed by atoms with Crippen LogP contribution in [0.4, 0.5) is 32.0 Å². The lowest BCUT2D eigenvalue weighted by molar-refractivity contribution is -0.384. The molecule has 0 saturated carbocycles. The Balaban J connectivity index is 2.09. The number of hydrogen-bond acceptors (Lipinski definition) is 6. The number of nitrogens with one attached hydrogen (secondary N) is 1. The monoisotopic (exact) mass is 468 g/mol. The van der Waals surface area contributed by atoms with E-state index in [1.807, 2.05) is 5.48 Å². The summed E-state index contributed by atoms with van der Waals surface area (Å²) in [4.78, 5) is 27.2. The Labute approximate surface area is 175 Å². The molecular formula is C18H14F6N2O6. The van der Waals surface area contributed by atoms with Gasteiger partial charge in [0.05, 0.1) is 17.1 Å². The lowest BCUT2D eigenvalue weighted by atomic mass is 10.2. The number of nitro groups is 1. The summed E-state index contributed by atoms with van der Waals surface area (Å²) >= 11 is 0. The third kappa shape index (κ3) is 8.29. The van der Waals surface area contributed by atoms with E-state index >= 15 is 0 Å².